The third-order valence-corrected chi connectivity index (χ3v) is 4.24. The van der Waals surface area contributed by atoms with Crippen LogP contribution in [0.15, 0.2) is 18.2 Å². The second-order valence-corrected chi connectivity index (χ2v) is 6.12. The van der Waals surface area contributed by atoms with Gasteiger partial charge in [0.2, 0.25) is 0 Å². The lowest BCUT2D eigenvalue weighted by Gasteiger charge is -2.17. The van der Waals surface area contributed by atoms with Crippen molar-refractivity contribution < 1.29 is 4.79 Å². The largest absolute Gasteiger partial charge is 0.385 e. The predicted molar refractivity (Wildman–Crippen MR) is 88.9 cm³/mol. The van der Waals surface area contributed by atoms with Crippen molar-refractivity contribution in [3.63, 3.8) is 0 Å². The summed E-state index contributed by atoms with van der Waals surface area (Å²) in [6.07, 6.45) is 8.45. The van der Waals surface area contributed by atoms with Crippen molar-refractivity contribution in [1.29, 1.82) is 0 Å². The summed E-state index contributed by atoms with van der Waals surface area (Å²) < 4.78 is 0. The average molecular weight is 288 g/mol. The number of carbonyl (C=O) groups is 1. The van der Waals surface area contributed by atoms with E-state index in [0.717, 1.165) is 42.6 Å². The van der Waals surface area contributed by atoms with Crippen LogP contribution in [0.4, 0.5) is 5.69 Å². The van der Waals surface area contributed by atoms with Crippen LogP contribution in [0.5, 0.6) is 0 Å². The molecule has 1 amide bonds. The highest BCUT2D eigenvalue weighted by Crippen LogP contribution is 2.19. The molecule has 21 heavy (non-hydrogen) atoms. The Morgan fingerprint density at radius 1 is 1.19 bits per heavy atom. The molecule has 0 aliphatic heterocycles. The van der Waals surface area contributed by atoms with E-state index in [9.17, 15) is 4.79 Å². The van der Waals surface area contributed by atoms with Gasteiger partial charge in [-0.3, -0.25) is 4.79 Å². The molecule has 3 heteroatoms. The number of hydrogen-bond acceptors (Lipinski definition) is 2. The molecule has 0 spiro atoms. The van der Waals surface area contributed by atoms with E-state index in [-0.39, 0.29) is 5.91 Å². The summed E-state index contributed by atoms with van der Waals surface area (Å²) in [5.41, 5.74) is 2.95. The first-order valence-electron chi connectivity index (χ1n) is 8.36. The molecule has 2 N–H and O–H groups in total. The van der Waals surface area contributed by atoms with Gasteiger partial charge in [0.05, 0.1) is 0 Å². The molecule has 1 saturated carbocycles. The van der Waals surface area contributed by atoms with Gasteiger partial charge in [0, 0.05) is 23.8 Å². The minimum absolute atomic E-state index is 0.0847. The molecule has 2 rings (SSSR count). The van der Waals surface area contributed by atoms with Crippen LogP contribution in [0.1, 0.15) is 67.8 Å². The Morgan fingerprint density at radius 3 is 2.52 bits per heavy atom. The number of amides is 1. The van der Waals surface area contributed by atoms with E-state index >= 15 is 0 Å². The second kappa shape index (κ2) is 8.06. The van der Waals surface area contributed by atoms with E-state index in [0.29, 0.717) is 6.04 Å². The zero-order chi connectivity index (χ0) is 15.1. The molecule has 3 nitrogen and oxygen atoms in total. The van der Waals surface area contributed by atoms with Gasteiger partial charge in [-0.25, -0.2) is 0 Å². The quantitative estimate of drug-likeness (QED) is 0.794. The van der Waals surface area contributed by atoms with Crippen molar-refractivity contribution in [2.24, 2.45) is 0 Å². The van der Waals surface area contributed by atoms with E-state index in [1.54, 1.807) is 0 Å². The first kappa shape index (κ1) is 15.9. The summed E-state index contributed by atoms with van der Waals surface area (Å²) in [7, 11) is 0. The molecular formula is C18H28N2O. The van der Waals surface area contributed by atoms with Crippen molar-refractivity contribution in [3.8, 4) is 0 Å². The van der Waals surface area contributed by atoms with Crippen molar-refractivity contribution in [2.75, 3.05) is 11.9 Å². The third kappa shape index (κ3) is 4.76. The molecule has 0 radical (unpaired) electrons. The van der Waals surface area contributed by atoms with Gasteiger partial charge < -0.3 is 10.6 Å². The van der Waals surface area contributed by atoms with Crippen LogP contribution < -0.4 is 10.6 Å². The monoisotopic (exact) mass is 288 g/mol. The highest BCUT2D eigenvalue weighted by atomic mass is 16.1. The van der Waals surface area contributed by atoms with Gasteiger partial charge in [-0.15, -0.1) is 0 Å². The van der Waals surface area contributed by atoms with E-state index in [2.05, 4.69) is 23.6 Å². The fraction of sp³-hybridized carbons (Fsp3) is 0.611. The minimum atomic E-state index is 0.0847. The Labute approximate surface area is 128 Å². The molecule has 0 aromatic heterocycles. The van der Waals surface area contributed by atoms with Gasteiger partial charge in [-0.05, 0) is 49.9 Å². The molecule has 0 atom stereocenters. The average Bonchev–Trinajstić information content (AvgIpc) is 2.73. The van der Waals surface area contributed by atoms with Gasteiger partial charge in [-0.2, -0.15) is 0 Å². The molecular weight excluding hydrogens is 260 g/mol. The number of carbonyl (C=O) groups excluding carboxylic acids is 1. The second-order valence-electron chi connectivity index (χ2n) is 6.12. The fourth-order valence-corrected chi connectivity index (χ4v) is 2.98. The van der Waals surface area contributed by atoms with Crippen LogP contribution in [-0.2, 0) is 0 Å². The maximum absolute atomic E-state index is 12.4. The molecule has 1 aliphatic rings. The normalized spacial score (nSPS) is 16.3. The van der Waals surface area contributed by atoms with Crippen molar-refractivity contribution in [3.05, 3.63) is 29.3 Å². The van der Waals surface area contributed by atoms with E-state index < -0.39 is 0 Å². The van der Waals surface area contributed by atoms with Crippen LogP contribution in [0.3, 0.4) is 0 Å². The molecule has 0 bridgehead atoms. The summed E-state index contributed by atoms with van der Waals surface area (Å²) in [6, 6.07) is 6.37. The van der Waals surface area contributed by atoms with Crippen LogP contribution in [0, 0.1) is 6.92 Å². The van der Waals surface area contributed by atoms with E-state index in [4.69, 9.17) is 0 Å². The fourth-order valence-electron chi connectivity index (χ4n) is 2.98. The highest BCUT2D eigenvalue weighted by molar-refractivity contribution is 5.96. The van der Waals surface area contributed by atoms with Crippen LogP contribution in [-0.4, -0.2) is 18.5 Å². The maximum atomic E-state index is 12.4. The molecule has 0 saturated heterocycles. The first-order chi connectivity index (χ1) is 10.2. The summed E-state index contributed by atoms with van der Waals surface area (Å²) >= 11 is 0. The topological polar surface area (TPSA) is 41.1 Å². The number of rotatable bonds is 5. The molecule has 116 valence electrons. The molecule has 0 heterocycles. The van der Waals surface area contributed by atoms with Crippen LogP contribution in [0.2, 0.25) is 0 Å². The lowest BCUT2D eigenvalue weighted by molar-refractivity contribution is 0.0933. The Kier molecular flexibility index (Phi) is 6.09. The van der Waals surface area contributed by atoms with Gasteiger partial charge in [0.15, 0.2) is 0 Å². The minimum Gasteiger partial charge on any atom is -0.385 e. The smallest absolute Gasteiger partial charge is 0.251 e. The molecule has 1 aromatic carbocycles. The zero-order valence-corrected chi connectivity index (χ0v) is 13.4. The lowest BCUT2D eigenvalue weighted by Crippen LogP contribution is -2.34. The predicted octanol–water partition coefficient (Wildman–Crippen LogP) is 4.27. The van der Waals surface area contributed by atoms with Gasteiger partial charge in [-0.1, -0.05) is 32.6 Å². The number of benzene rings is 1. The molecule has 1 fully saturated rings. The number of hydrogen-bond donors (Lipinski definition) is 2. The summed E-state index contributed by atoms with van der Waals surface area (Å²) in [4.78, 5) is 12.4. The number of nitrogens with one attached hydrogen (secondary N) is 2. The zero-order valence-electron chi connectivity index (χ0n) is 13.4. The van der Waals surface area contributed by atoms with Gasteiger partial charge in [0.1, 0.15) is 0 Å². The van der Waals surface area contributed by atoms with Crippen molar-refractivity contribution in [2.45, 2.75) is 64.8 Å². The Bertz CT molecular complexity index is 462. The first-order valence-corrected chi connectivity index (χ1v) is 8.36. The van der Waals surface area contributed by atoms with Crippen LogP contribution >= 0.6 is 0 Å². The Balaban J connectivity index is 1.98. The maximum Gasteiger partial charge on any atom is 0.251 e. The van der Waals surface area contributed by atoms with Gasteiger partial charge in [0.25, 0.3) is 5.91 Å². The third-order valence-electron chi connectivity index (χ3n) is 4.24. The number of aryl methyl sites for hydroxylation is 1. The Hall–Kier alpha value is -1.51. The van der Waals surface area contributed by atoms with E-state index in [1.807, 2.05) is 19.1 Å². The standard InChI is InChI=1S/C18H28N2O/c1-3-12-19-16-10-11-17(14(2)13-16)18(21)20-15-8-6-4-5-7-9-15/h10-11,13,15,19H,3-9,12H2,1-2H3,(H,20,21). The SMILES string of the molecule is CCCNc1ccc(C(=O)NC2CCCCCC2)c(C)c1. The molecule has 1 aliphatic carbocycles. The highest BCUT2D eigenvalue weighted by Gasteiger charge is 2.16. The van der Waals surface area contributed by atoms with Gasteiger partial charge >= 0.3 is 0 Å². The Morgan fingerprint density at radius 2 is 1.90 bits per heavy atom. The van der Waals surface area contributed by atoms with E-state index in [1.165, 1.54) is 25.7 Å². The summed E-state index contributed by atoms with van der Waals surface area (Å²) in [5.74, 6) is 0.0847. The molecule has 0 unspecified atom stereocenters. The number of anilines is 1. The van der Waals surface area contributed by atoms with Crippen molar-refractivity contribution >= 4 is 11.6 Å². The summed E-state index contributed by atoms with van der Waals surface area (Å²) in [5, 5.41) is 6.58. The van der Waals surface area contributed by atoms with Crippen LogP contribution in [0.25, 0.3) is 0 Å². The van der Waals surface area contributed by atoms with Crippen molar-refractivity contribution in [1.82, 2.24) is 5.32 Å². The summed E-state index contributed by atoms with van der Waals surface area (Å²) in [6.45, 7) is 5.13. The molecule has 1 aromatic rings. The lowest BCUT2D eigenvalue weighted by atomic mass is 10.0.